The number of rotatable bonds is 7. The molecule has 0 saturated carbocycles. The predicted molar refractivity (Wildman–Crippen MR) is 103 cm³/mol. The largest absolute Gasteiger partial charge is 0.610 e. The summed E-state index contributed by atoms with van der Waals surface area (Å²) in [4.78, 5) is 12.0. The maximum atomic E-state index is 14.7. The zero-order chi connectivity index (χ0) is 19.2. The lowest BCUT2D eigenvalue weighted by molar-refractivity contribution is 0.199. The first-order valence-electron chi connectivity index (χ1n) is 8.30. The van der Waals surface area contributed by atoms with Crippen molar-refractivity contribution < 1.29 is 13.7 Å². The molecule has 6 nitrogen and oxygen atoms in total. The molecule has 3 aromatic rings. The maximum absolute atomic E-state index is 14.7. The van der Waals surface area contributed by atoms with Gasteiger partial charge >= 0.3 is 0 Å². The van der Waals surface area contributed by atoms with Crippen LogP contribution in [0, 0.1) is 5.82 Å². The number of nitrogens with zero attached hydrogens (tertiary/aromatic N) is 3. The second kappa shape index (κ2) is 8.90. The molecule has 1 aromatic carbocycles. The Labute approximate surface area is 159 Å². The van der Waals surface area contributed by atoms with Crippen LogP contribution < -0.4 is 5.73 Å². The summed E-state index contributed by atoms with van der Waals surface area (Å²) in [6.45, 7) is 0.529. The molecule has 0 aliphatic carbocycles. The molecule has 0 aliphatic rings. The number of pyridine rings is 1. The molecular formula is C19H19FN4O2S. The number of halogens is 1. The van der Waals surface area contributed by atoms with Crippen LogP contribution >= 0.6 is 0 Å². The number of hydrogen-bond donors (Lipinski definition) is 1. The van der Waals surface area contributed by atoms with E-state index < -0.39 is 17.0 Å². The highest BCUT2D eigenvalue weighted by molar-refractivity contribution is 7.91. The Kier molecular flexibility index (Phi) is 6.33. The topological polar surface area (TPSA) is 97.0 Å². The Morgan fingerprint density at radius 3 is 2.59 bits per heavy atom. The summed E-state index contributed by atoms with van der Waals surface area (Å²) in [7, 11) is 1.60. The lowest BCUT2D eigenvalue weighted by Gasteiger charge is -2.13. The first-order chi connectivity index (χ1) is 13.1. The Bertz CT molecular complexity index is 908. The molecule has 8 heteroatoms. The number of methoxy groups -OCH3 is 1. The quantitative estimate of drug-likeness (QED) is 0.495. The minimum absolute atomic E-state index is 0.131. The highest BCUT2D eigenvalue weighted by atomic mass is 32.2. The summed E-state index contributed by atoms with van der Waals surface area (Å²) in [6, 6.07) is 8.34. The van der Waals surface area contributed by atoms with Crippen LogP contribution in [0.2, 0.25) is 0 Å². The first kappa shape index (κ1) is 19.2. The van der Waals surface area contributed by atoms with Crippen LogP contribution in [0.3, 0.4) is 0 Å². The molecule has 140 valence electrons. The van der Waals surface area contributed by atoms with Crippen LogP contribution in [0.5, 0.6) is 0 Å². The summed E-state index contributed by atoms with van der Waals surface area (Å²) in [5.41, 5.74) is 7.62. The van der Waals surface area contributed by atoms with E-state index in [1.807, 2.05) is 0 Å². The third-order valence-electron chi connectivity index (χ3n) is 3.93. The third-order valence-corrected chi connectivity index (χ3v) is 5.34. The van der Waals surface area contributed by atoms with E-state index in [1.54, 1.807) is 37.6 Å². The van der Waals surface area contributed by atoms with Crippen molar-refractivity contribution in [2.24, 2.45) is 0 Å². The molecule has 2 heterocycles. The smallest absolute Gasteiger partial charge is 0.252 e. The van der Waals surface area contributed by atoms with Gasteiger partial charge in [-0.15, -0.1) is 0 Å². The molecular weight excluding hydrogens is 367 g/mol. The Morgan fingerprint density at radius 1 is 1.11 bits per heavy atom. The first-order valence-corrected chi connectivity index (χ1v) is 9.62. The lowest BCUT2D eigenvalue weighted by Crippen LogP contribution is -2.12. The maximum Gasteiger partial charge on any atom is 0.252 e. The number of hydrogen-bond acceptors (Lipinski definition) is 6. The molecule has 2 aromatic heterocycles. The van der Waals surface area contributed by atoms with E-state index in [9.17, 15) is 8.94 Å². The van der Waals surface area contributed by atoms with Crippen molar-refractivity contribution in [1.29, 1.82) is 0 Å². The van der Waals surface area contributed by atoms with E-state index in [0.717, 1.165) is 0 Å². The van der Waals surface area contributed by atoms with E-state index in [4.69, 9.17) is 10.5 Å². The lowest BCUT2D eigenvalue weighted by atomic mass is 10.0. The van der Waals surface area contributed by atoms with Crippen LogP contribution in [0.4, 0.5) is 10.3 Å². The zero-order valence-electron chi connectivity index (χ0n) is 14.8. The van der Waals surface area contributed by atoms with Gasteiger partial charge in [0.15, 0.2) is 0 Å². The molecule has 0 saturated heterocycles. The summed E-state index contributed by atoms with van der Waals surface area (Å²) in [6.07, 6.45) is 5.19. The number of anilines is 1. The molecule has 3 rings (SSSR count). The second-order valence-electron chi connectivity index (χ2n) is 5.78. The normalized spacial score (nSPS) is 12.1. The molecule has 0 spiro atoms. The molecule has 0 aliphatic heterocycles. The van der Waals surface area contributed by atoms with Crippen molar-refractivity contribution in [2.45, 2.75) is 11.4 Å². The Balaban J connectivity index is 1.91. The number of ether oxygens (including phenoxy) is 1. The zero-order valence-corrected chi connectivity index (χ0v) is 15.6. The van der Waals surface area contributed by atoms with Gasteiger partial charge in [-0.3, -0.25) is 0 Å². The number of nitrogens with two attached hydrogens (primary N) is 1. The Morgan fingerprint density at radius 2 is 1.89 bits per heavy atom. The molecule has 0 amide bonds. The monoisotopic (exact) mass is 386 g/mol. The van der Waals surface area contributed by atoms with Gasteiger partial charge in [0.25, 0.3) is 5.03 Å². The van der Waals surface area contributed by atoms with Gasteiger partial charge in [-0.1, -0.05) is 12.1 Å². The molecule has 0 bridgehead atoms. The van der Waals surface area contributed by atoms with Crippen LogP contribution in [-0.4, -0.2) is 39.0 Å². The van der Waals surface area contributed by atoms with Gasteiger partial charge in [-0.25, -0.2) is 19.3 Å². The number of aromatic nitrogens is 3. The number of benzene rings is 1. The molecule has 2 N–H and O–H groups in total. The molecule has 1 unspecified atom stereocenters. The van der Waals surface area contributed by atoms with Crippen LogP contribution in [0.25, 0.3) is 22.3 Å². The average Bonchev–Trinajstić information content (AvgIpc) is 2.69. The van der Waals surface area contributed by atoms with Crippen LogP contribution in [0.1, 0.15) is 6.42 Å². The standard InChI is InChI=1S/C19H19FN4O2S/c1-26-8-3-9-27(25)18-16(4-2-7-22-18)13-5-6-15(17(20)10-13)14-11-23-19(21)24-12-14/h2,4-7,10-12H,3,8-9H2,1H3,(H2,21,23,24). The Hall–Kier alpha value is -2.55. The van der Waals surface area contributed by atoms with E-state index in [0.29, 0.717) is 46.1 Å². The highest BCUT2D eigenvalue weighted by Crippen LogP contribution is 2.30. The highest BCUT2D eigenvalue weighted by Gasteiger charge is 2.19. The fourth-order valence-electron chi connectivity index (χ4n) is 2.62. The molecule has 1 atom stereocenters. The summed E-state index contributed by atoms with van der Waals surface area (Å²) >= 11 is -1.29. The van der Waals surface area contributed by atoms with Crippen LogP contribution in [-0.2, 0) is 15.9 Å². The van der Waals surface area contributed by atoms with E-state index in [1.165, 1.54) is 18.5 Å². The van der Waals surface area contributed by atoms with Gasteiger partial charge in [0.1, 0.15) is 11.6 Å². The van der Waals surface area contributed by atoms with Gasteiger partial charge in [-0.05, 0) is 23.8 Å². The molecule has 27 heavy (non-hydrogen) atoms. The van der Waals surface area contributed by atoms with Gasteiger partial charge in [0.05, 0.1) is 12.2 Å². The van der Waals surface area contributed by atoms with E-state index in [-0.39, 0.29) is 5.95 Å². The molecule has 0 radical (unpaired) electrons. The van der Waals surface area contributed by atoms with Crippen molar-refractivity contribution in [1.82, 2.24) is 15.0 Å². The van der Waals surface area contributed by atoms with E-state index in [2.05, 4.69) is 15.0 Å². The second-order valence-corrected chi connectivity index (χ2v) is 7.26. The van der Waals surface area contributed by atoms with Gasteiger partial charge in [0.2, 0.25) is 5.95 Å². The predicted octanol–water partition coefficient (Wildman–Crippen LogP) is 3.07. The van der Waals surface area contributed by atoms with Crippen molar-refractivity contribution in [3.63, 3.8) is 0 Å². The fourth-order valence-corrected chi connectivity index (χ4v) is 3.80. The summed E-state index contributed by atoms with van der Waals surface area (Å²) in [5.74, 6) is 0.133. The summed E-state index contributed by atoms with van der Waals surface area (Å²) in [5, 5.41) is 0.441. The van der Waals surface area contributed by atoms with Crippen molar-refractivity contribution in [2.75, 3.05) is 25.2 Å². The minimum Gasteiger partial charge on any atom is -0.610 e. The van der Waals surface area contributed by atoms with Crippen molar-refractivity contribution >= 4 is 17.1 Å². The fraction of sp³-hybridized carbons (Fsp3) is 0.211. The van der Waals surface area contributed by atoms with Gasteiger partial charge < -0.3 is 15.0 Å². The van der Waals surface area contributed by atoms with Crippen molar-refractivity contribution in [3.8, 4) is 22.3 Å². The van der Waals surface area contributed by atoms with Crippen LogP contribution in [0.15, 0.2) is 53.9 Å². The average molecular weight is 386 g/mol. The van der Waals surface area contributed by atoms with E-state index >= 15 is 0 Å². The summed E-state index contributed by atoms with van der Waals surface area (Å²) < 4.78 is 32.3. The van der Waals surface area contributed by atoms with Gasteiger partial charge in [0, 0.05) is 54.4 Å². The van der Waals surface area contributed by atoms with Gasteiger partial charge in [-0.2, -0.15) is 0 Å². The third kappa shape index (κ3) is 4.60. The molecule has 0 fully saturated rings. The SMILES string of the molecule is COCCC[S+]([O-])c1ncccc1-c1ccc(-c2cnc(N)nc2)c(F)c1. The number of nitrogen functional groups attached to an aromatic ring is 1. The van der Waals surface area contributed by atoms with Crippen molar-refractivity contribution in [3.05, 3.63) is 54.7 Å². The minimum atomic E-state index is -1.29.